The Morgan fingerprint density at radius 1 is 1.42 bits per heavy atom. The van der Waals surface area contributed by atoms with Crippen molar-refractivity contribution in [2.45, 2.75) is 20.3 Å². The maximum Gasteiger partial charge on any atom is 0.323 e. The molecular weight excluding hydrogens is 244 g/mol. The van der Waals surface area contributed by atoms with Crippen molar-refractivity contribution in [3.63, 3.8) is 0 Å². The standard InChI is InChI=1S/C12H20N6O/c1-5-6-19-12-16-10(14-3)15-11(17-12)18(4)8-9(2)7-13/h9H,5-6,8H2,1-4H3,(H,14,15,16,17). The minimum absolute atomic E-state index is 0.0974. The number of nitrogens with zero attached hydrogens (tertiary/aromatic N) is 5. The summed E-state index contributed by atoms with van der Waals surface area (Å²) in [6, 6.07) is 2.48. The van der Waals surface area contributed by atoms with Gasteiger partial charge in [0.05, 0.1) is 18.6 Å². The molecule has 1 heterocycles. The second kappa shape index (κ2) is 7.36. The van der Waals surface area contributed by atoms with E-state index in [2.05, 4.69) is 26.3 Å². The summed E-state index contributed by atoms with van der Waals surface area (Å²) in [6.45, 7) is 4.98. The van der Waals surface area contributed by atoms with Gasteiger partial charge in [-0.25, -0.2) is 0 Å². The molecule has 1 atom stereocenters. The Bertz CT molecular complexity index is 444. The SMILES string of the molecule is CCCOc1nc(NC)nc(N(C)CC(C)C#N)n1. The van der Waals surface area contributed by atoms with Gasteiger partial charge in [0.15, 0.2) is 0 Å². The fourth-order valence-corrected chi connectivity index (χ4v) is 1.42. The molecule has 0 aliphatic carbocycles. The summed E-state index contributed by atoms with van der Waals surface area (Å²) >= 11 is 0. The van der Waals surface area contributed by atoms with E-state index < -0.39 is 0 Å². The molecule has 0 bridgehead atoms. The first kappa shape index (κ1) is 15.0. The summed E-state index contributed by atoms with van der Waals surface area (Å²) in [5.74, 6) is 0.847. The molecule has 1 aromatic rings. The Balaban J connectivity index is 2.89. The molecule has 0 radical (unpaired) electrons. The van der Waals surface area contributed by atoms with E-state index in [1.165, 1.54) is 0 Å². The maximum atomic E-state index is 8.84. The van der Waals surface area contributed by atoms with Crippen LogP contribution in [0.4, 0.5) is 11.9 Å². The Labute approximate surface area is 113 Å². The highest BCUT2D eigenvalue weighted by molar-refractivity contribution is 5.37. The van der Waals surface area contributed by atoms with Crippen molar-refractivity contribution in [3.8, 4) is 12.1 Å². The molecule has 1 unspecified atom stereocenters. The molecule has 1 aromatic heterocycles. The van der Waals surface area contributed by atoms with Crippen molar-refractivity contribution in [1.29, 1.82) is 5.26 Å². The van der Waals surface area contributed by atoms with Crippen LogP contribution in [0.25, 0.3) is 0 Å². The molecule has 0 aliphatic rings. The molecule has 1 rings (SSSR count). The van der Waals surface area contributed by atoms with Crippen molar-refractivity contribution < 1.29 is 4.74 Å². The van der Waals surface area contributed by atoms with Gasteiger partial charge in [-0.3, -0.25) is 0 Å². The van der Waals surface area contributed by atoms with E-state index in [-0.39, 0.29) is 5.92 Å². The molecule has 19 heavy (non-hydrogen) atoms. The minimum Gasteiger partial charge on any atom is -0.463 e. The summed E-state index contributed by atoms with van der Waals surface area (Å²) in [7, 11) is 3.58. The van der Waals surface area contributed by atoms with E-state index >= 15 is 0 Å². The van der Waals surface area contributed by atoms with E-state index in [1.807, 2.05) is 25.8 Å². The molecule has 0 fully saturated rings. The Morgan fingerprint density at radius 2 is 2.16 bits per heavy atom. The van der Waals surface area contributed by atoms with E-state index in [0.29, 0.717) is 31.1 Å². The number of ether oxygens (including phenoxy) is 1. The summed E-state index contributed by atoms with van der Waals surface area (Å²) in [5.41, 5.74) is 0. The molecular formula is C12H20N6O. The van der Waals surface area contributed by atoms with Crippen LogP contribution in [0, 0.1) is 17.2 Å². The first-order valence-electron chi connectivity index (χ1n) is 6.28. The molecule has 0 aromatic carbocycles. The van der Waals surface area contributed by atoms with Crippen LogP contribution < -0.4 is 15.0 Å². The number of nitriles is 1. The van der Waals surface area contributed by atoms with Crippen LogP contribution in [0.15, 0.2) is 0 Å². The minimum atomic E-state index is -0.0974. The van der Waals surface area contributed by atoms with Gasteiger partial charge in [-0.1, -0.05) is 6.92 Å². The third-order valence-electron chi connectivity index (χ3n) is 2.37. The zero-order valence-corrected chi connectivity index (χ0v) is 11.8. The lowest BCUT2D eigenvalue weighted by molar-refractivity contribution is 0.292. The van der Waals surface area contributed by atoms with Crippen molar-refractivity contribution in [3.05, 3.63) is 0 Å². The molecule has 0 saturated heterocycles. The normalized spacial score (nSPS) is 11.5. The lowest BCUT2D eigenvalue weighted by Crippen LogP contribution is -2.26. The first-order valence-corrected chi connectivity index (χ1v) is 6.28. The van der Waals surface area contributed by atoms with Crippen LogP contribution in [0.3, 0.4) is 0 Å². The van der Waals surface area contributed by atoms with Gasteiger partial charge in [-0.2, -0.15) is 20.2 Å². The van der Waals surface area contributed by atoms with Crippen LogP contribution >= 0.6 is 0 Å². The molecule has 0 aliphatic heterocycles. The first-order chi connectivity index (χ1) is 9.10. The van der Waals surface area contributed by atoms with Crippen molar-refractivity contribution in [2.75, 3.05) is 37.5 Å². The second-order valence-electron chi connectivity index (χ2n) is 4.25. The molecule has 0 saturated carbocycles. The van der Waals surface area contributed by atoms with Crippen molar-refractivity contribution >= 4 is 11.9 Å². The van der Waals surface area contributed by atoms with Crippen LogP contribution in [0.2, 0.25) is 0 Å². The second-order valence-corrected chi connectivity index (χ2v) is 4.25. The molecule has 7 heteroatoms. The average Bonchev–Trinajstić information content (AvgIpc) is 2.44. The molecule has 0 amide bonds. The third kappa shape index (κ3) is 4.58. The van der Waals surface area contributed by atoms with Crippen LogP contribution in [-0.4, -0.2) is 42.2 Å². The average molecular weight is 264 g/mol. The van der Waals surface area contributed by atoms with Crippen LogP contribution in [0.5, 0.6) is 6.01 Å². The topological polar surface area (TPSA) is 87.0 Å². The number of hydrogen-bond acceptors (Lipinski definition) is 7. The highest BCUT2D eigenvalue weighted by Crippen LogP contribution is 2.14. The van der Waals surface area contributed by atoms with E-state index in [1.54, 1.807) is 7.05 Å². The summed E-state index contributed by atoms with van der Waals surface area (Å²) in [5, 5.41) is 11.7. The highest BCUT2D eigenvalue weighted by Gasteiger charge is 2.13. The van der Waals surface area contributed by atoms with Gasteiger partial charge in [0.25, 0.3) is 0 Å². The van der Waals surface area contributed by atoms with Crippen LogP contribution in [-0.2, 0) is 0 Å². The van der Waals surface area contributed by atoms with Crippen LogP contribution in [0.1, 0.15) is 20.3 Å². The van der Waals surface area contributed by atoms with Gasteiger partial charge in [0.2, 0.25) is 11.9 Å². The third-order valence-corrected chi connectivity index (χ3v) is 2.37. The lowest BCUT2D eigenvalue weighted by atomic mass is 10.2. The summed E-state index contributed by atoms with van der Waals surface area (Å²) in [4.78, 5) is 14.4. The number of hydrogen-bond donors (Lipinski definition) is 1. The Morgan fingerprint density at radius 3 is 2.74 bits per heavy atom. The van der Waals surface area contributed by atoms with E-state index in [9.17, 15) is 0 Å². The van der Waals surface area contributed by atoms with Gasteiger partial charge in [0.1, 0.15) is 0 Å². The summed E-state index contributed by atoms with van der Waals surface area (Å²) < 4.78 is 5.43. The smallest absolute Gasteiger partial charge is 0.323 e. The van der Waals surface area contributed by atoms with Gasteiger partial charge >= 0.3 is 6.01 Å². The van der Waals surface area contributed by atoms with Gasteiger partial charge in [0, 0.05) is 20.6 Å². The quantitative estimate of drug-likeness (QED) is 0.794. The van der Waals surface area contributed by atoms with Gasteiger partial charge < -0.3 is 15.0 Å². The van der Waals surface area contributed by atoms with E-state index in [0.717, 1.165) is 6.42 Å². The summed E-state index contributed by atoms with van der Waals surface area (Å²) in [6.07, 6.45) is 0.886. The van der Waals surface area contributed by atoms with Crippen molar-refractivity contribution in [1.82, 2.24) is 15.0 Å². The van der Waals surface area contributed by atoms with Gasteiger partial charge in [-0.05, 0) is 13.3 Å². The zero-order valence-electron chi connectivity index (χ0n) is 11.8. The molecule has 1 N–H and O–H groups in total. The number of anilines is 2. The molecule has 104 valence electrons. The zero-order chi connectivity index (χ0) is 14.3. The fourth-order valence-electron chi connectivity index (χ4n) is 1.42. The molecule has 0 spiro atoms. The molecule has 7 nitrogen and oxygen atoms in total. The van der Waals surface area contributed by atoms with Crippen molar-refractivity contribution in [2.24, 2.45) is 5.92 Å². The number of nitrogens with one attached hydrogen (secondary N) is 1. The predicted octanol–water partition coefficient (Wildman–Crippen LogP) is 1.30. The van der Waals surface area contributed by atoms with Gasteiger partial charge in [-0.15, -0.1) is 0 Å². The number of rotatable bonds is 7. The van der Waals surface area contributed by atoms with E-state index in [4.69, 9.17) is 10.00 Å². The predicted molar refractivity (Wildman–Crippen MR) is 73.2 cm³/mol. The Kier molecular flexibility index (Phi) is 5.79. The monoisotopic (exact) mass is 264 g/mol. The lowest BCUT2D eigenvalue weighted by Gasteiger charge is -2.18. The highest BCUT2D eigenvalue weighted by atomic mass is 16.5. The number of aromatic nitrogens is 3. The largest absolute Gasteiger partial charge is 0.463 e. The fraction of sp³-hybridized carbons (Fsp3) is 0.667. The maximum absolute atomic E-state index is 8.84. The Hall–Kier alpha value is -2.10.